The lowest BCUT2D eigenvalue weighted by atomic mass is 10.2. The average Bonchev–Trinajstić information content (AvgIpc) is 2.83. The number of aliphatic hydroxyl groups excluding tert-OH is 1. The summed E-state index contributed by atoms with van der Waals surface area (Å²) in [6.07, 6.45) is 2.64. The Morgan fingerprint density at radius 3 is 2.42 bits per heavy atom. The van der Waals surface area contributed by atoms with Crippen LogP contribution in [-0.4, -0.2) is 68.1 Å². The highest BCUT2D eigenvalue weighted by Gasteiger charge is 2.13. The number of hydrogen-bond acceptors (Lipinski definition) is 7. The second-order valence-electron chi connectivity index (χ2n) is 7.79. The summed E-state index contributed by atoms with van der Waals surface area (Å²) < 4.78 is 29.9. The molecule has 0 radical (unpaired) electrons. The van der Waals surface area contributed by atoms with Crippen LogP contribution in [0.3, 0.4) is 0 Å². The second kappa shape index (κ2) is 13.6. The fourth-order valence-corrected chi connectivity index (χ4v) is 3.31. The molecular weight excluding hydrogens is 429 g/mol. The molecule has 33 heavy (non-hydrogen) atoms. The highest BCUT2D eigenvalue weighted by molar-refractivity contribution is 5.77. The summed E-state index contributed by atoms with van der Waals surface area (Å²) in [5.41, 5.74) is 2.86. The predicted molar refractivity (Wildman–Crippen MR) is 122 cm³/mol. The van der Waals surface area contributed by atoms with Crippen LogP contribution in [0.15, 0.2) is 48.5 Å². The van der Waals surface area contributed by atoms with Gasteiger partial charge in [-0.3, -0.25) is 10.2 Å². The van der Waals surface area contributed by atoms with Crippen molar-refractivity contribution in [1.29, 1.82) is 0 Å². The molecule has 3 N–H and O–H groups in total. The molecule has 2 aromatic rings. The first kappa shape index (κ1) is 24.8. The van der Waals surface area contributed by atoms with Crippen LogP contribution in [0.5, 0.6) is 17.2 Å². The molecule has 8 nitrogen and oxygen atoms in total. The monoisotopic (exact) mass is 461 g/mol. The molecule has 0 bridgehead atoms. The number of nitrogens with zero attached hydrogens (tertiary/aromatic N) is 1. The highest BCUT2D eigenvalue weighted by Crippen LogP contribution is 2.17. The van der Waals surface area contributed by atoms with Gasteiger partial charge in [-0.05, 0) is 49.2 Å². The number of piperidine rings is 1. The number of hydrogen-bond donors (Lipinski definition) is 3. The van der Waals surface area contributed by atoms with Gasteiger partial charge >= 0.3 is 0 Å². The molecule has 0 aliphatic carbocycles. The molecule has 1 aliphatic rings. The van der Waals surface area contributed by atoms with Crippen molar-refractivity contribution in [3.05, 3.63) is 54.3 Å². The minimum atomic E-state index is -0.770. The Kier molecular flexibility index (Phi) is 10.2. The number of amides is 1. The molecule has 180 valence electrons. The summed E-state index contributed by atoms with van der Waals surface area (Å²) in [4.78, 5) is 12.0. The number of rotatable bonds is 13. The average molecular weight is 462 g/mol. The minimum Gasteiger partial charge on any atom is -0.492 e. The third-order valence-electron chi connectivity index (χ3n) is 5.03. The van der Waals surface area contributed by atoms with E-state index in [0.29, 0.717) is 31.2 Å². The maximum atomic E-state index is 13.5. The lowest BCUT2D eigenvalue weighted by molar-refractivity contribution is -0.128. The normalized spacial score (nSPS) is 15.0. The van der Waals surface area contributed by atoms with Gasteiger partial charge in [0, 0.05) is 26.2 Å². The molecule has 1 fully saturated rings. The first-order valence-corrected chi connectivity index (χ1v) is 11.3. The zero-order valence-corrected chi connectivity index (χ0v) is 18.7. The van der Waals surface area contributed by atoms with Crippen molar-refractivity contribution < 1.29 is 28.5 Å². The van der Waals surface area contributed by atoms with Crippen LogP contribution in [0.2, 0.25) is 0 Å². The summed E-state index contributed by atoms with van der Waals surface area (Å²) in [5.74, 6) is 0.764. The van der Waals surface area contributed by atoms with Crippen LogP contribution in [0.4, 0.5) is 4.39 Å². The van der Waals surface area contributed by atoms with E-state index in [1.54, 1.807) is 36.4 Å². The molecule has 0 spiro atoms. The van der Waals surface area contributed by atoms with Gasteiger partial charge in [0.05, 0.1) is 0 Å². The molecule has 1 heterocycles. The largest absolute Gasteiger partial charge is 0.492 e. The van der Waals surface area contributed by atoms with Gasteiger partial charge < -0.3 is 24.6 Å². The van der Waals surface area contributed by atoms with Crippen LogP contribution in [0, 0.1) is 5.82 Å². The molecular formula is C24H32FN3O5. The van der Waals surface area contributed by atoms with Gasteiger partial charge in [0.15, 0.2) is 18.2 Å². The van der Waals surface area contributed by atoms with Crippen molar-refractivity contribution >= 4 is 5.91 Å². The lowest BCUT2D eigenvalue weighted by Crippen LogP contribution is -2.46. The summed E-state index contributed by atoms with van der Waals surface area (Å²) in [7, 11) is 0. The molecule has 1 aliphatic heterocycles. The second-order valence-corrected chi connectivity index (χ2v) is 7.79. The molecule has 0 aromatic heterocycles. The standard InChI is InChI=1S/C24H32FN3O5/c25-22-6-2-3-7-23(22)33-17-19(29)16-26-12-15-31-20-8-10-21(11-9-20)32-18-24(30)27-28-13-4-1-5-14-28/h2-3,6-11,19,26,29H,1,4-5,12-18H2,(H,27,30). The lowest BCUT2D eigenvalue weighted by Gasteiger charge is -2.26. The van der Waals surface area contributed by atoms with E-state index in [0.717, 1.165) is 25.9 Å². The molecule has 9 heteroatoms. The van der Waals surface area contributed by atoms with Crippen LogP contribution >= 0.6 is 0 Å². The third kappa shape index (κ3) is 9.25. The number of carbonyl (C=O) groups excluding carboxylic acids is 1. The number of benzene rings is 2. The molecule has 1 amide bonds. The smallest absolute Gasteiger partial charge is 0.272 e. The fourth-order valence-electron chi connectivity index (χ4n) is 3.31. The number of hydrazine groups is 1. The van der Waals surface area contributed by atoms with E-state index in [2.05, 4.69) is 10.7 Å². The number of halogens is 1. The molecule has 1 saturated heterocycles. The van der Waals surface area contributed by atoms with Crippen LogP contribution < -0.4 is 25.0 Å². The van der Waals surface area contributed by atoms with E-state index in [4.69, 9.17) is 14.2 Å². The SMILES string of the molecule is O=C(COc1ccc(OCCNCC(O)COc2ccccc2F)cc1)NN1CCCCC1. The van der Waals surface area contributed by atoms with Gasteiger partial charge in [-0.2, -0.15) is 0 Å². The van der Waals surface area contributed by atoms with Crippen molar-refractivity contribution in [2.75, 3.05) is 46.0 Å². The summed E-state index contributed by atoms with van der Waals surface area (Å²) >= 11 is 0. The van der Waals surface area contributed by atoms with E-state index < -0.39 is 11.9 Å². The maximum absolute atomic E-state index is 13.5. The van der Waals surface area contributed by atoms with E-state index in [1.165, 1.54) is 18.6 Å². The summed E-state index contributed by atoms with van der Waals surface area (Å²) in [6, 6.07) is 13.1. The zero-order valence-electron chi connectivity index (χ0n) is 18.7. The maximum Gasteiger partial charge on any atom is 0.272 e. The topological polar surface area (TPSA) is 92.3 Å². The Labute approximate surface area is 193 Å². The van der Waals surface area contributed by atoms with Gasteiger partial charge in [-0.25, -0.2) is 9.40 Å². The molecule has 0 saturated carbocycles. The Bertz CT molecular complexity index is 846. The Morgan fingerprint density at radius 1 is 1.00 bits per heavy atom. The van der Waals surface area contributed by atoms with Gasteiger partial charge in [0.2, 0.25) is 0 Å². The van der Waals surface area contributed by atoms with Crippen LogP contribution in [0.1, 0.15) is 19.3 Å². The van der Waals surface area contributed by atoms with E-state index in [-0.39, 0.29) is 24.9 Å². The fraction of sp³-hybridized carbons (Fsp3) is 0.458. The third-order valence-corrected chi connectivity index (χ3v) is 5.03. The van der Waals surface area contributed by atoms with Crippen molar-refractivity contribution in [2.45, 2.75) is 25.4 Å². The van der Waals surface area contributed by atoms with Gasteiger partial charge in [0.1, 0.15) is 30.8 Å². The van der Waals surface area contributed by atoms with E-state index in [9.17, 15) is 14.3 Å². The highest BCUT2D eigenvalue weighted by atomic mass is 19.1. The first-order chi connectivity index (χ1) is 16.1. The van der Waals surface area contributed by atoms with E-state index in [1.807, 2.05) is 5.01 Å². The van der Waals surface area contributed by atoms with Crippen LogP contribution in [-0.2, 0) is 4.79 Å². The van der Waals surface area contributed by atoms with Crippen molar-refractivity contribution in [1.82, 2.24) is 15.8 Å². The number of aliphatic hydroxyl groups is 1. The first-order valence-electron chi connectivity index (χ1n) is 11.3. The van der Waals surface area contributed by atoms with E-state index >= 15 is 0 Å². The Morgan fingerprint density at radius 2 is 1.70 bits per heavy atom. The quantitative estimate of drug-likeness (QED) is 0.394. The molecule has 1 atom stereocenters. The molecule has 2 aromatic carbocycles. The minimum absolute atomic E-state index is 0.00763. The molecule has 1 unspecified atom stereocenters. The van der Waals surface area contributed by atoms with Gasteiger partial charge in [-0.15, -0.1) is 0 Å². The van der Waals surface area contributed by atoms with Crippen molar-refractivity contribution in [3.8, 4) is 17.2 Å². The Hall–Kier alpha value is -2.88. The number of carbonyl (C=O) groups is 1. The summed E-state index contributed by atoms with van der Waals surface area (Å²) in [6.45, 7) is 2.94. The number of para-hydroxylation sites is 1. The Balaban J connectivity index is 1.24. The van der Waals surface area contributed by atoms with Crippen LogP contribution in [0.25, 0.3) is 0 Å². The predicted octanol–water partition coefficient (Wildman–Crippen LogP) is 2.13. The number of nitrogens with one attached hydrogen (secondary N) is 2. The number of ether oxygens (including phenoxy) is 3. The zero-order chi connectivity index (χ0) is 23.3. The molecule has 3 rings (SSSR count). The van der Waals surface area contributed by atoms with Crippen molar-refractivity contribution in [2.24, 2.45) is 0 Å². The van der Waals surface area contributed by atoms with Crippen molar-refractivity contribution in [3.63, 3.8) is 0 Å². The van der Waals surface area contributed by atoms with Gasteiger partial charge in [0.25, 0.3) is 5.91 Å². The van der Waals surface area contributed by atoms with Gasteiger partial charge in [-0.1, -0.05) is 18.6 Å². The summed E-state index contributed by atoms with van der Waals surface area (Å²) in [5, 5.41) is 14.9.